The minimum Gasteiger partial charge on any atom is -1.00 e. The average Bonchev–Trinajstić information content (AvgIpc) is 2.70. The van der Waals surface area contributed by atoms with Crippen molar-refractivity contribution in [2.45, 2.75) is 57.2 Å². The highest BCUT2D eigenvalue weighted by atomic mass is 35.5. The van der Waals surface area contributed by atoms with Gasteiger partial charge in [0.25, 0.3) is 0 Å². The largest absolute Gasteiger partial charge is 1.00 e. The number of hydrogen-bond donors (Lipinski definition) is 1. The summed E-state index contributed by atoms with van der Waals surface area (Å²) in [4.78, 5) is 0. The number of hydrogen-bond acceptors (Lipinski definition) is 3. The van der Waals surface area contributed by atoms with Gasteiger partial charge >= 0.3 is 0 Å². The number of ether oxygens (including phenoxy) is 2. The Morgan fingerprint density at radius 3 is 2.17 bits per heavy atom. The molecular formula is C25H31ClNO2-. The van der Waals surface area contributed by atoms with Gasteiger partial charge in [-0.2, -0.15) is 0 Å². The molecule has 0 saturated heterocycles. The maximum atomic E-state index is 6.25. The van der Waals surface area contributed by atoms with Crippen LogP contribution in [0.25, 0.3) is 0 Å². The zero-order chi connectivity index (χ0) is 19.0. The van der Waals surface area contributed by atoms with Gasteiger partial charge < -0.3 is 27.2 Å². The molecule has 4 aliphatic rings. The smallest absolute Gasteiger partial charge is 0.166 e. The van der Waals surface area contributed by atoms with Crippen LogP contribution >= 0.6 is 0 Å². The highest BCUT2D eigenvalue weighted by Gasteiger charge is 2.50. The molecule has 3 nitrogen and oxygen atoms in total. The molecule has 4 bridgehead atoms. The van der Waals surface area contributed by atoms with Crippen molar-refractivity contribution in [1.29, 1.82) is 0 Å². The zero-order valence-electron chi connectivity index (χ0n) is 17.2. The number of para-hydroxylation sites is 1. The minimum absolute atomic E-state index is 0. The van der Waals surface area contributed by atoms with E-state index in [0.717, 1.165) is 35.8 Å². The van der Waals surface area contributed by atoms with Gasteiger partial charge in [-0.1, -0.05) is 42.5 Å². The molecule has 4 heteroatoms. The summed E-state index contributed by atoms with van der Waals surface area (Å²) in [5.41, 5.74) is 2.73. The quantitative estimate of drug-likeness (QED) is 0.757. The Bertz CT molecular complexity index is 788. The van der Waals surface area contributed by atoms with Crippen LogP contribution < -0.4 is 27.2 Å². The summed E-state index contributed by atoms with van der Waals surface area (Å²) in [5.74, 6) is 4.57. The van der Waals surface area contributed by atoms with E-state index in [9.17, 15) is 0 Å². The third-order valence-electron chi connectivity index (χ3n) is 7.20. The first-order valence-electron chi connectivity index (χ1n) is 10.8. The summed E-state index contributed by atoms with van der Waals surface area (Å²) in [6, 6.07) is 16.6. The molecule has 0 atom stereocenters. The Balaban J connectivity index is 0.00000205. The van der Waals surface area contributed by atoms with Crippen LogP contribution in [0.4, 0.5) is 0 Å². The summed E-state index contributed by atoms with van der Waals surface area (Å²) in [6.07, 6.45) is 8.53. The number of methoxy groups -OCH3 is 1. The van der Waals surface area contributed by atoms with Crippen molar-refractivity contribution in [2.75, 3.05) is 7.11 Å². The predicted molar refractivity (Wildman–Crippen MR) is 112 cm³/mol. The number of rotatable bonds is 7. The second-order valence-corrected chi connectivity index (χ2v) is 9.27. The number of halogens is 1. The average molecular weight is 413 g/mol. The normalized spacial score (nSPS) is 29.3. The molecular weight excluding hydrogens is 382 g/mol. The van der Waals surface area contributed by atoms with Gasteiger partial charge in [0.15, 0.2) is 11.5 Å². The molecule has 0 radical (unpaired) electrons. The van der Waals surface area contributed by atoms with Gasteiger partial charge in [0, 0.05) is 17.6 Å². The maximum absolute atomic E-state index is 6.25. The zero-order valence-corrected chi connectivity index (χ0v) is 18.0. The van der Waals surface area contributed by atoms with E-state index >= 15 is 0 Å². The maximum Gasteiger partial charge on any atom is 0.166 e. The predicted octanol–water partition coefficient (Wildman–Crippen LogP) is 2.34. The fourth-order valence-electron chi connectivity index (χ4n) is 6.36. The monoisotopic (exact) mass is 412 g/mol. The second kappa shape index (κ2) is 8.57. The lowest BCUT2D eigenvalue weighted by Crippen LogP contribution is -3.00. The molecule has 0 spiro atoms. The van der Waals surface area contributed by atoms with Crippen LogP contribution in [0.15, 0.2) is 48.5 Å². The van der Waals surface area contributed by atoms with Gasteiger partial charge in [0.2, 0.25) is 0 Å². The summed E-state index contributed by atoms with van der Waals surface area (Å²) < 4.78 is 11.9. The van der Waals surface area contributed by atoms with Gasteiger partial charge in [0.05, 0.1) is 7.11 Å². The van der Waals surface area contributed by atoms with Crippen molar-refractivity contribution >= 4 is 0 Å². The van der Waals surface area contributed by atoms with E-state index in [-0.39, 0.29) is 12.4 Å². The van der Waals surface area contributed by atoms with E-state index in [0.29, 0.717) is 12.1 Å². The number of nitrogens with one attached hydrogen (secondary N) is 1. The Hall–Kier alpha value is -1.71. The van der Waals surface area contributed by atoms with Crippen molar-refractivity contribution in [3.05, 3.63) is 59.7 Å². The fraction of sp³-hybridized carbons (Fsp3) is 0.520. The first kappa shape index (κ1) is 20.6. The molecule has 29 heavy (non-hydrogen) atoms. The molecule has 0 aliphatic heterocycles. The summed E-state index contributed by atoms with van der Waals surface area (Å²) in [5, 5.41) is 4.00. The van der Waals surface area contributed by atoms with Crippen molar-refractivity contribution in [3.8, 4) is 11.5 Å². The number of benzene rings is 2. The van der Waals surface area contributed by atoms with Crippen LogP contribution in [0.1, 0.15) is 49.7 Å². The van der Waals surface area contributed by atoms with E-state index in [2.05, 4.69) is 41.7 Å². The fourth-order valence-corrected chi connectivity index (χ4v) is 6.36. The topological polar surface area (TPSA) is 30.5 Å². The summed E-state index contributed by atoms with van der Waals surface area (Å²) >= 11 is 0. The van der Waals surface area contributed by atoms with Gasteiger partial charge in [-0.05, 0) is 67.9 Å². The van der Waals surface area contributed by atoms with Crippen LogP contribution in [0, 0.1) is 17.8 Å². The van der Waals surface area contributed by atoms with E-state index in [1.165, 1.54) is 49.7 Å². The van der Waals surface area contributed by atoms with Crippen molar-refractivity contribution in [2.24, 2.45) is 17.8 Å². The molecule has 156 valence electrons. The standard InChI is InChI=1S/C25H31NO2.ClH/c1-27-23-9-5-8-22(24(23)28-17-18-6-3-2-4-7-18)16-26-25-13-19-10-20(14-25)12-21(11-19)15-25;/h2-9,19-21,26H,10-17H2,1H3;1H/p-1. The Labute approximate surface area is 180 Å². The van der Waals surface area contributed by atoms with Crippen molar-refractivity contribution < 1.29 is 21.9 Å². The van der Waals surface area contributed by atoms with Crippen molar-refractivity contribution in [1.82, 2.24) is 5.32 Å². The van der Waals surface area contributed by atoms with E-state index in [1.807, 2.05) is 12.1 Å². The minimum atomic E-state index is 0. The summed E-state index contributed by atoms with van der Waals surface area (Å²) in [6.45, 7) is 1.42. The third kappa shape index (κ3) is 4.27. The Morgan fingerprint density at radius 2 is 1.55 bits per heavy atom. The van der Waals surface area contributed by atoms with Crippen molar-refractivity contribution in [3.63, 3.8) is 0 Å². The lowest BCUT2D eigenvalue weighted by Gasteiger charge is -2.57. The van der Waals surface area contributed by atoms with Crippen LogP contribution in [0.3, 0.4) is 0 Å². The van der Waals surface area contributed by atoms with Gasteiger partial charge in [-0.25, -0.2) is 0 Å². The molecule has 2 aromatic carbocycles. The molecule has 4 saturated carbocycles. The first-order chi connectivity index (χ1) is 13.7. The SMILES string of the molecule is COc1cccc(CNC23CC4CC(CC(C4)C2)C3)c1OCc1ccccc1.[Cl-]. The first-order valence-corrected chi connectivity index (χ1v) is 10.8. The van der Waals surface area contributed by atoms with E-state index in [1.54, 1.807) is 7.11 Å². The highest BCUT2D eigenvalue weighted by Crippen LogP contribution is 2.55. The molecule has 0 heterocycles. The molecule has 6 rings (SSSR count). The second-order valence-electron chi connectivity index (χ2n) is 9.27. The van der Waals surface area contributed by atoms with Gasteiger partial charge in [-0.3, -0.25) is 0 Å². The van der Waals surface area contributed by atoms with Crippen LogP contribution in [0.5, 0.6) is 11.5 Å². The lowest BCUT2D eigenvalue weighted by atomic mass is 9.53. The molecule has 0 amide bonds. The summed E-state index contributed by atoms with van der Waals surface area (Å²) in [7, 11) is 1.72. The van der Waals surface area contributed by atoms with Gasteiger partial charge in [0.1, 0.15) is 6.61 Å². The van der Waals surface area contributed by atoms with Crippen LogP contribution in [0.2, 0.25) is 0 Å². The molecule has 1 N–H and O–H groups in total. The van der Waals surface area contributed by atoms with E-state index < -0.39 is 0 Å². The molecule has 4 aliphatic carbocycles. The molecule has 4 fully saturated rings. The van der Waals surface area contributed by atoms with Crippen LogP contribution in [-0.2, 0) is 13.2 Å². The lowest BCUT2D eigenvalue weighted by molar-refractivity contribution is -0.0207. The molecule has 0 unspecified atom stereocenters. The molecule has 2 aromatic rings. The van der Waals surface area contributed by atoms with E-state index in [4.69, 9.17) is 9.47 Å². The third-order valence-corrected chi connectivity index (χ3v) is 7.20. The van der Waals surface area contributed by atoms with Crippen LogP contribution in [-0.4, -0.2) is 12.6 Å². The Morgan fingerprint density at radius 1 is 0.897 bits per heavy atom. The Kier molecular flexibility index (Phi) is 6.08. The highest BCUT2D eigenvalue weighted by molar-refractivity contribution is 5.46. The molecule has 0 aromatic heterocycles. The van der Waals surface area contributed by atoms with Gasteiger partial charge in [-0.15, -0.1) is 0 Å².